The predicted molar refractivity (Wildman–Crippen MR) is 54.8 cm³/mol. The summed E-state index contributed by atoms with van der Waals surface area (Å²) in [5, 5.41) is 8.66. The number of aliphatic carboxylic acids is 1. The third-order valence-electron chi connectivity index (χ3n) is 3.14. The van der Waals surface area contributed by atoms with Crippen molar-refractivity contribution >= 4 is 5.97 Å². The molecule has 0 radical (unpaired) electrons. The quantitative estimate of drug-likeness (QED) is 0.810. The van der Waals surface area contributed by atoms with E-state index < -0.39 is 18.1 Å². The lowest BCUT2D eigenvalue weighted by molar-refractivity contribution is -0.143. The summed E-state index contributed by atoms with van der Waals surface area (Å²) >= 11 is 0. The number of alkyl halides is 1. The van der Waals surface area contributed by atoms with Crippen molar-refractivity contribution in [3.05, 3.63) is 34.9 Å². The molecule has 0 spiro atoms. The minimum Gasteiger partial charge on any atom is -0.479 e. The van der Waals surface area contributed by atoms with Crippen LogP contribution in [0.2, 0.25) is 0 Å². The summed E-state index contributed by atoms with van der Waals surface area (Å²) in [4.78, 5) is 10.6. The van der Waals surface area contributed by atoms with Crippen LogP contribution < -0.4 is 0 Å². The summed E-state index contributed by atoms with van der Waals surface area (Å²) in [7, 11) is 0. The van der Waals surface area contributed by atoms with Crippen LogP contribution in [0.15, 0.2) is 18.2 Å². The lowest BCUT2D eigenvalue weighted by Crippen LogP contribution is -2.21. The summed E-state index contributed by atoms with van der Waals surface area (Å²) in [6.45, 7) is 1.98. The van der Waals surface area contributed by atoms with Crippen molar-refractivity contribution in [1.29, 1.82) is 0 Å². The van der Waals surface area contributed by atoms with Crippen molar-refractivity contribution in [2.45, 2.75) is 31.9 Å². The number of rotatable bonds is 2. The highest BCUT2D eigenvalue weighted by Gasteiger charge is 2.34. The maximum atomic E-state index is 13.4. The smallest absolute Gasteiger partial charge is 0.338 e. The molecule has 80 valence electrons. The van der Waals surface area contributed by atoms with Crippen LogP contribution in [0.5, 0.6) is 0 Å². The fourth-order valence-electron chi connectivity index (χ4n) is 2.35. The topological polar surface area (TPSA) is 37.3 Å². The van der Waals surface area contributed by atoms with Gasteiger partial charge >= 0.3 is 5.97 Å². The molecular formula is C12H13FO2. The zero-order chi connectivity index (χ0) is 11.0. The summed E-state index contributed by atoms with van der Waals surface area (Å²) in [6, 6.07) is 5.69. The Bertz CT molecular complexity index is 401. The van der Waals surface area contributed by atoms with E-state index in [1.54, 1.807) is 0 Å². The van der Waals surface area contributed by atoms with Crippen LogP contribution >= 0.6 is 0 Å². The largest absolute Gasteiger partial charge is 0.479 e. The standard InChI is InChI=1S/C12H13FO2/c1-7-3-2-4-9-8(7)5-6-10(9)11(13)12(14)15/h2-4,10-11H,5-6H2,1H3,(H,14,15). The van der Waals surface area contributed by atoms with Gasteiger partial charge in [-0.25, -0.2) is 9.18 Å². The van der Waals surface area contributed by atoms with Crippen molar-refractivity contribution in [2.75, 3.05) is 0 Å². The molecule has 2 nitrogen and oxygen atoms in total. The molecule has 1 aromatic rings. The normalized spacial score (nSPS) is 21.1. The lowest BCUT2D eigenvalue weighted by atomic mass is 9.95. The first-order valence-electron chi connectivity index (χ1n) is 5.06. The van der Waals surface area contributed by atoms with Crippen LogP contribution in [-0.4, -0.2) is 17.2 Å². The predicted octanol–water partition coefficient (Wildman–Crippen LogP) is 2.45. The molecule has 1 aromatic carbocycles. The maximum absolute atomic E-state index is 13.4. The molecule has 15 heavy (non-hydrogen) atoms. The molecule has 3 heteroatoms. The average Bonchev–Trinajstić information content (AvgIpc) is 2.61. The SMILES string of the molecule is Cc1cccc2c1CCC2C(F)C(=O)O. The summed E-state index contributed by atoms with van der Waals surface area (Å²) in [5.74, 6) is -1.81. The van der Waals surface area contributed by atoms with Crippen LogP contribution in [0, 0.1) is 6.92 Å². The number of carbonyl (C=O) groups is 1. The Hall–Kier alpha value is -1.38. The molecule has 1 aliphatic carbocycles. The number of benzene rings is 1. The zero-order valence-electron chi connectivity index (χ0n) is 8.53. The minimum atomic E-state index is -1.77. The van der Waals surface area contributed by atoms with Crippen molar-refractivity contribution in [3.8, 4) is 0 Å². The molecule has 1 N–H and O–H groups in total. The number of hydrogen-bond acceptors (Lipinski definition) is 1. The van der Waals surface area contributed by atoms with Gasteiger partial charge in [0.1, 0.15) is 0 Å². The van der Waals surface area contributed by atoms with E-state index in [9.17, 15) is 9.18 Å². The molecule has 0 aromatic heterocycles. The molecule has 0 amide bonds. The monoisotopic (exact) mass is 208 g/mol. The van der Waals surface area contributed by atoms with Gasteiger partial charge in [0.2, 0.25) is 6.17 Å². The summed E-state index contributed by atoms with van der Waals surface area (Å²) in [6.07, 6.45) is -0.373. The third kappa shape index (κ3) is 1.62. The van der Waals surface area contributed by atoms with Crippen LogP contribution in [-0.2, 0) is 11.2 Å². The number of carboxylic acid groups (broad SMARTS) is 1. The Balaban J connectivity index is 2.37. The molecule has 0 heterocycles. The highest BCUT2D eigenvalue weighted by molar-refractivity contribution is 5.74. The van der Waals surface area contributed by atoms with Gasteiger partial charge in [-0.05, 0) is 36.5 Å². The van der Waals surface area contributed by atoms with E-state index in [-0.39, 0.29) is 0 Å². The highest BCUT2D eigenvalue weighted by Crippen LogP contribution is 2.38. The number of hydrogen-bond donors (Lipinski definition) is 1. The first kappa shape index (κ1) is 10.1. The van der Waals surface area contributed by atoms with Gasteiger partial charge in [0.25, 0.3) is 0 Å². The summed E-state index contributed by atoms with van der Waals surface area (Å²) < 4.78 is 13.4. The number of halogens is 1. The van der Waals surface area contributed by atoms with Crippen LogP contribution in [0.25, 0.3) is 0 Å². The third-order valence-corrected chi connectivity index (χ3v) is 3.14. The second-order valence-electron chi connectivity index (χ2n) is 4.03. The number of aryl methyl sites for hydroxylation is 1. The Labute approximate surface area is 87.7 Å². The number of fused-ring (bicyclic) bond motifs is 1. The molecule has 1 aliphatic rings. The van der Waals surface area contributed by atoms with Gasteiger partial charge in [-0.15, -0.1) is 0 Å². The van der Waals surface area contributed by atoms with E-state index in [0.29, 0.717) is 6.42 Å². The lowest BCUT2D eigenvalue weighted by Gasteiger charge is -2.13. The molecular weight excluding hydrogens is 195 g/mol. The minimum absolute atomic E-state index is 0.461. The fourth-order valence-corrected chi connectivity index (χ4v) is 2.35. The van der Waals surface area contributed by atoms with Gasteiger partial charge in [-0.2, -0.15) is 0 Å². The maximum Gasteiger partial charge on any atom is 0.338 e. The molecule has 0 saturated carbocycles. The van der Waals surface area contributed by atoms with Gasteiger partial charge < -0.3 is 5.11 Å². The Kier molecular flexibility index (Phi) is 2.47. The van der Waals surface area contributed by atoms with Crippen molar-refractivity contribution in [3.63, 3.8) is 0 Å². The van der Waals surface area contributed by atoms with Crippen molar-refractivity contribution < 1.29 is 14.3 Å². The molecule has 2 unspecified atom stereocenters. The number of carboxylic acids is 1. The Morgan fingerprint density at radius 2 is 2.33 bits per heavy atom. The Morgan fingerprint density at radius 1 is 1.60 bits per heavy atom. The molecule has 0 fully saturated rings. The average molecular weight is 208 g/mol. The first-order chi connectivity index (χ1) is 7.11. The zero-order valence-corrected chi connectivity index (χ0v) is 8.53. The van der Waals surface area contributed by atoms with Gasteiger partial charge in [0, 0.05) is 5.92 Å². The van der Waals surface area contributed by atoms with Gasteiger partial charge in [-0.1, -0.05) is 18.2 Å². The van der Waals surface area contributed by atoms with E-state index in [2.05, 4.69) is 0 Å². The van der Waals surface area contributed by atoms with Crippen molar-refractivity contribution in [2.24, 2.45) is 0 Å². The fraction of sp³-hybridized carbons (Fsp3) is 0.417. The second kappa shape index (κ2) is 3.65. The summed E-state index contributed by atoms with van der Waals surface area (Å²) in [5.41, 5.74) is 3.14. The van der Waals surface area contributed by atoms with Gasteiger partial charge in [0.15, 0.2) is 0 Å². The van der Waals surface area contributed by atoms with E-state index in [1.165, 1.54) is 0 Å². The molecule has 0 aliphatic heterocycles. The van der Waals surface area contributed by atoms with E-state index in [1.807, 2.05) is 25.1 Å². The molecule has 2 atom stereocenters. The molecule has 0 bridgehead atoms. The van der Waals surface area contributed by atoms with E-state index >= 15 is 0 Å². The van der Waals surface area contributed by atoms with Crippen molar-refractivity contribution in [1.82, 2.24) is 0 Å². The van der Waals surface area contributed by atoms with Gasteiger partial charge in [-0.3, -0.25) is 0 Å². The van der Waals surface area contributed by atoms with Crippen LogP contribution in [0.3, 0.4) is 0 Å². The van der Waals surface area contributed by atoms with Gasteiger partial charge in [0.05, 0.1) is 0 Å². The highest BCUT2D eigenvalue weighted by atomic mass is 19.1. The molecule has 0 saturated heterocycles. The van der Waals surface area contributed by atoms with Crippen LogP contribution in [0.4, 0.5) is 4.39 Å². The Morgan fingerprint density at radius 3 is 3.00 bits per heavy atom. The molecule has 2 rings (SSSR count). The second-order valence-corrected chi connectivity index (χ2v) is 4.03. The van der Waals surface area contributed by atoms with E-state index in [4.69, 9.17) is 5.11 Å². The van der Waals surface area contributed by atoms with Crippen LogP contribution in [0.1, 0.15) is 29.0 Å². The van der Waals surface area contributed by atoms with E-state index in [0.717, 1.165) is 23.1 Å². The first-order valence-corrected chi connectivity index (χ1v) is 5.06.